The van der Waals surface area contributed by atoms with Gasteiger partial charge in [0.25, 0.3) is 0 Å². The first-order valence-electron chi connectivity index (χ1n) is 7.04. The number of rotatable bonds is 4. The molecule has 5 heteroatoms. The second kappa shape index (κ2) is 6.35. The summed E-state index contributed by atoms with van der Waals surface area (Å²) >= 11 is 0. The minimum atomic E-state index is -0.561. The minimum absolute atomic E-state index is 0.189. The molecule has 0 saturated carbocycles. The van der Waals surface area contributed by atoms with E-state index in [1.165, 1.54) is 0 Å². The Morgan fingerprint density at radius 2 is 1.95 bits per heavy atom. The second-order valence-corrected chi connectivity index (χ2v) is 6.64. The van der Waals surface area contributed by atoms with Crippen molar-refractivity contribution >= 4 is 6.09 Å². The van der Waals surface area contributed by atoms with Crippen molar-refractivity contribution in [1.82, 2.24) is 5.32 Å². The molecule has 1 rings (SSSR count). The molecule has 0 fully saturated rings. The maximum absolute atomic E-state index is 11.8. The zero-order chi connectivity index (χ0) is 16.3. The molecule has 0 aliphatic rings. The van der Waals surface area contributed by atoms with E-state index < -0.39 is 17.1 Å². The normalized spacial score (nSPS) is 14.4. The van der Waals surface area contributed by atoms with Crippen LogP contribution >= 0.6 is 0 Å². The average Bonchev–Trinajstić information content (AvgIpc) is 2.34. The van der Waals surface area contributed by atoms with Crippen LogP contribution in [0.3, 0.4) is 0 Å². The van der Waals surface area contributed by atoms with E-state index >= 15 is 0 Å². The van der Waals surface area contributed by atoms with Crippen LogP contribution in [0.2, 0.25) is 0 Å². The van der Waals surface area contributed by atoms with E-state index in [0.717, 1.165) is 5.56 Å². The van der Waals surface area contributed by atoms with E-state index in [-0.39, 0.29) is 12.3 Å². The lowest BCUT2D eigenvalue weighted by molar-refractivity contribution is 0.0516. The largest absolute Gasteiger partial charge is 0.508 e. The van der Waals surface area contributed by atoms with Gasteiger partial charge in [-0.2, -0.15) is 0 Å². The molecule has 1 aromatic carbocycles. The first-order valence-corrected chi connectivity index (χ1v) is 7.04. The standard InChI is InChI=1S/C16H26N2O3/c1-11-6-7-12(13(19)8-11)16(5,9-17)10-18-14(20)21-15(2,3)4/h6-8,19H,9-10,17H2,1-5H3,(H,18,20). The van der Waals surface area contributed by atoms with Crippen molar-refractivity contribution in [2.24, 2.45) is 5.73 Å². The van der Waals surface area contributed by atoms with E-state index in [4.69, 9.17) is 10.5 Å². The summed E-state index contributed by atoms with van der Waals surface area (Å²) in [7, 11) is 0. The Balaban J connectivity index is 2.83. The molecule has 1 unspecified atom stereocenters. The van der Waals surface area contributed by atoms with Crippen LogP contribution < -0.4 is 11.1 Å². The number of hydrogen-bond donors (Lipinski definition) is 3. The summed E-state index contributed by atoms with van der Waals surface area (Å²) in [6.07, 6.45) is -0.492. The number of aryl methyl sites for hydroxylation is 1. The number of nitrogens with one attached hydrogen (secondary N) is 1. The molecule has 0 bridgehead atoms. The second-order valence-electron chi connectivity index (χ2n) is 6.64. The molecule has 118 valence electrons. The Hall–Kier alpha value is -1.75. The zero-order valence-electron chi connectivity index (χ0n) is 13.5. The van der Waals surface area contributed by atoms with Crippen LogP contribution in [0.5, 0.6) is 5.75 Å². The predicted molar refractivity (Wildman–Crippen MR) is 83.5 cm³/mol. The molecule has 0 spiro atoms. The maximum Gasteiger partial charge on any atom is 0.407 e. The van der Waals surface area contributed by atoms with Crippen molar-refractivity contribution in [1.29, 1.82) is 0 Å². The number of alkyl carbamates (subject to hydrolysis) is 1. The summed E-state index contributed by atoms with van der Waals surface area (Å²) in [5.74, 6) is 0.189. The highest BCUT2D eigenvalue weighted by molar-refractivity contribution is 5.68. The third-order valence-corrected chi connectivity index (χ3v) is 3.28. The Morgan fingerprint density at radius 3 is 2.43 bits per heavy atom. The van der Waals surface area contributed by atoms with Gasteiger partial charge in [-0.05, 0) is 39.3 Å². The molecule has 1 amide bonds. The van der Waals surface area contributed by atoms with Crippen LogP contribution in [-0.2, 0) is 10.2 Å². The number of amides is 1. The Labute approximate surface area is 126 Å². The van der Waals surface area contributed by atoms with E-state index in [2.05, 4.69) is 5.32 Å². The van der Waals surface area contributed by atoms with E-state index in [1.807, 2.05) is 26.0 Å². The number of ether oxygens (including phenoxy) is 1. The quantitative estimate of drug-likeness (QED) is 0.796. The van der Waals surface area contributed by atoms with Gasteiger partial charge in [0.15, 0.2) is 0 Å². The van der Waals surface area contributed by atoms with Crippen molar-refractivity contribution < 1.29 is 14.6 Å². The fourth-order valence-electron chi connectivity index (χ4n) is 2.01. The molecule has 0 aromatic heterocycles. The summed E-state index contributed by atoms with van der Waals surface area (Å²) in [6.45, 7) is 9.80. The number of carbonyl (C=O) groups is 1. The minimum Gasteiger partial charge on any atom is -0.508 e. The molecular weight excluding hydrogens is 268 g/mol. The molecule has 0 radical (unpaired) electrons. The topological polar surface area (TPSA) is 84.6 Å². The number of carbonyl (C=O) groups excluding carboxylic acids is 1. The fraction of sp³-hybridized carbons (Fsp3) is 0.562. The smallest absolute Gasteiger partial charge is 0.407 e. The molecule has 0 heterocycles. The molecule has 0 aliphatic heterocycles. The molecule has 0 saturated heterocycles. The van der Waals surface area contributed by atoms with Crippen LogP contribution in [0, 0.1) is 6.92 Å². The highest BCUT2D eigenvalue weighted by Crippen LogP contribution is 2.31. The van der Waals surface area contributed by atoms with Crippen LogP contribution in [0.4, 0.5) is 4.79 Å². The fourth-order valence-corrected chi connectivity index (χ4v) is 2.01. The van der Waals surface area contributed by atoms with Gasteiger partial charge in [-0.3, -0.25) is 0 Å². The van der Waals surface area contributed by atoms with Gasteiger partial charge in [-0.25, -0.2) is 4.79 Å². The monoisotopic (exact) mass is 294 g/mol. The molecule has 0 aliphatic carbocycles. The van der Waals surface area contributed by atoms with Gasteiger partial charge in [0.1, 0.15) is 11.4 Å². The molecule has 1 aromatic rings. The van der Waals surface area contributed by atoms with Crippen LogP contribution in [0.1, 0.15) is 38.8 Å². The Bertz CT molecular complexity index is 509. The molecule has 4 N–H and O–H groups in total. The molecule has 21 heavy (non-hydrogen) atoms. The van der Waals surface area contributed by atoms with Gasteiger partial charge < -0.3 is 20.9 Å². The Kier molecular flexibility index (Phi) is 5.23. The van der Waals surface area contributed by atoms with Crippen molar-refractivity contribution in [3.05, 3.63) is 29.3 Å². The third-order valence-electron chi connectivity index (χ3n) is 3.28. The van der Waals surface area contributed by atoms with Crippen molar-refractivity contribution in [2.75, 3.05) is 13.1 Å². The highest BCUT2D eigenvalue weighted by atomic mass is 16.6. The predicted octanol–water partition coefficient (Wildman–Crippen LogP) is 2.44. The van der Waals surface area contributed by atoms with Crippen LogP contribution in [0.15, 0.2) is 18.2 Å². The van der Waals surface area contributed by atoms with Gasteiger partial charge in [0, 0.05) is 24.1 Å². The van der Waals surface area contributed by atoms with Crippen molar-refractivity contribution in [3.8, 4) is 5.75 Å². The molecule has 5 nitrogen and oxygen atoms in total. The van der Waals surface area contributed by atoms with Gasteiger partial charge in [0.05, 0.1) is 0 Å². The Morgan fingerprint density at radius 1 is 1.33 bits per heavy atom. The molecular formula is C16H26N2O3. The maximum atomic E-state index is 11.8. The summed E-state index contributed by atoms with van der Waals surface area (Å²) in [4.78, 5) is 11.8. The van der Waals surface area contributed by atoms with Crippen molar-refractivity contribution in [2.45, 2.75) is 45.6 Å². The SMILES string of the molecule is Cc1ccc(C(C)(CN)CNC(=O)OC(C)(C)C)c(O)c1. The number of hydrogen-bond acceptors (Lipinski definition) is 4. The average molecular weight is 294 g/mol. The molecule has 1 atom stereocenters. The lowest BCUT2D eigenvalue weighted by Crippen LogP contribution is -2.45. The van der Waals surface area contributed by atoms with E-state index in [9.17, 15) is 9.90 Å². The lowest BCUT2D eigenvalue weighted by Gasteiger charge is -2.30. The summed E-state index contributed by atoms with van der Waals surface area (Å²) in [5, 5.41) is 12.8. The van der Waals surface area contributed by atoms with Crippen LogP contribution in [0.25, 0.3) is 0 Å². The number of benzene rings is 1. The van der Waals surface area contributed by atoms with Gasteiger partial charge in [-0.1, -0.05) is 19.1 Å². The highest BCUT2D eigenvalue weighted by Gasteiger charge is 2.29. The summed E-state index contributed by atoms with van der Waals surface area (Å²) in [6, 6.07) is 5.45. The summed E-state index contributed by atoms with van der Waals surface area (Å²) in [5.41, 5.74) is 6.43. The number of aromatic hydroxyl groups is 1. The number of nitrogens with two attached hydrogens (primary N) is 1. The van der Waals surface area contributed by atoms with Gasteiger partial charge in [-0.15, -0.1) is 0 Å². The number of phenolic OH excluding ortho intramolecular Hbond substituents is 1. The van der Waals surface area contributed by atoms with Gasteiger partial charge >= 0.3 is 6.09 Å². The lowest BCUT2D eigenvalue weighted by atomic mass is 9.81. The first kappa shape index (κ1) is 17.3. The van der Waals surface area contributed by atoms with E-state index in [1.54, 1.807) is 26.8 Å². The van der Waals surface area contributed by atoms with E-state index in [0.29, 0.717) is 12.1 Å². The van der Waals surface area contributed by atoms with Gasteiger partial charge in [0.2, 0.25) is 0 Å². The summed E-state index contributed by atoms with van der Waals surface area (Å²) < 4.78 is 5.21. The number of phenols is 1. The zero-order valence-corrected chi connectivity index (χ0v) is 13.5. The third kappa shape index (κ3) is 4.93. The first-order chi connectivity index (χ1) is 9.57. The van der Waals surface area contributed by atoms with Crippen molar-refractivity contribution in [3.63, 3.8) is 0 Å². The van der Waals surface area contributed by atoms with Crippen LogP contribution in [-0.4, -0.2) is 29.9 Å².